The molecule has 0 atom stereocenters. The molecule has 0 saturated carbocycles. The molecule has 0 aliphatic rings. The summed E-state index contributed by atoms with van der Waals surface area (Å²) in [5.74, 6) is 1.14. The Kier molecular flexibility index (Phi) is 6.72. The first-order valence-corrected chi connectivity index (χ1v) is 16.9. The number of aryl methyl sites for hydroxylation is 2. The average molecular weight is 761 g/mol. The zero-order valence-corrected chi connectivity index (χ0v) is 29.5. The molecule has 0 amide bonds. The topological polar surface area (TPSA) is 69.6 Å². The van der Waals surface area contributed by atoms with Gasteiger partial charge in [-0.05, 0) is 71.8 Å². The summed E-state index contributed by atoms with van der Waals surface area (Å²) in [7, 11) is 0. The molecule has 52 heavy (non-hydrogen) atoms. The van der Waals surface area contributed by atoms with Crippen molar-refractivity contribution in [2.24, 2.45) is 0 Å². The third-order valence-corrected chi connectivity index (χ3v) is 10.1. The van der Waals surface area contributed by atoms with Crippen molar-refractivity contribution in [3.63, 3.8) is 0 Å². The van der Waals surface area contributed by atoms with Crippen LogP contribution in [0.25, 0.3) is 88.0 Å². The predicted molar refractivity (Wildman–Crippen MR) is 204 cm³/mol. The van der Waals surface area contributed by atoms with E-state index in [0.717, 1.165) is 76.8 Å². The molecule has 6 aromatic carbocycles. The normalized spacial score (nSPS) is 11.9. The van der Waals surface area contributed by atoms with E-state index in [2.05, 4.69) is 111 Å². The molecule has 0 fully saturated rings. The van der Waals surface area contributed by atoms with Gasteiger partial charge in [-0.2, -0.15) is 0 Å². The van der Waals surface area contributed by atoms with E-state index in [0.29, 0.717) is 11.5 Å². The Balaban J connectivity index is 0.00000338. The summed E-state index contributed by atoms with van der Waals surface area (Å²) < 4.78 is 10.9. The fourth-order valence-electron chi connectivity index (χ4n) is 7.89. The fourth-order valence-corrected chi connectivity index (χ4v) is 7.89. The summed E-state index contributed by atoms with van der Waals surface area (Å²) in [5.41, 5.74) is 12.3. The van der Waals surface area contributed by atoms with E-state index >= 15 is 0 Å². The first-order chi connectivity index (χ1) is 25.1. The molecular formula is C44H26N6OPd. The Bertz CT molecular complexity index is 3250. The van der Waals surface area contributed by atoms with Crippen LogP contribution in [0.2, 0.25) is 0 Å². The van der Waals surface area contributed by atoms with Gasteiger partial charge in [0.15, 0.2) is 0 Å². The Hall–Kier alpha value is -6.20. The van der Waals surface area contributed by atoms with E-state index in [1.807, 2.05) is 48.7 Å². The third-order valence-electron chi connectivity index (χ3n) is 10.1. The number of hydrogen-bond acceptors (Lipinski definition) is 5. The van der Waals surface area contributed by atoms with E-state index in [9.17, 15) is 0 Å². The van der Waals surface area contributed by atoms with E-state index in [4.69, 9.17) is 14.7 Å². The van der Waals surface area contributed by atoms with Gasteiger partial charge >= 0.3 is 20.4 Å². The number of fused-ring (bicyclic) bond motifs is 16. The maximum absolute atomic E-state index is 6.55. The molecule has 0 aliphatic carbocycles. The second-order valence-electron chi connectivity index (χ2n) is 13.1. The summed E-state index contributed by atoms with van der Waals surface area (Å²) in [5, 5.41) is 5.79. The van der Waals surface area contributed by atoms with Crippen molar-refractivity contribution < 1.29 is 25.2 Å². The Morgan fingerprint density at radius 2 is 1.15 bits per heavy atom. The van der Waals surface area contributed by atoms with Crippen LogP contribution in [-0.2, 0) is 20.4 Å². The number of imidazole rings is 2. The van der Waals surface area contributed by atoms with E-state index < -0.39 is 0 Å². The minimum Gasteiger partial charge on any atom is -0.497 e. The van der Waals surface area contributed by atoms with Crippen molar-refractivity contribution >= 4 is 76.8 Å². The van der Waals surface area contributed by atoms with Gasteiger partial charge in [-0.25, -0.2) is 9.97 Å². The second kappa shape index (κ2) is 11.4. The second-order valence-corrected chi connectivity index (χ2v) is 13.1. The van der Waals surface area contributed by atoms with Crippen LogP contribution < -0.4 is 4.74 Å². The van der Waals surface area contributed by atoms with Crippen LogP contribution in [-0.4, -0.2) is 28.7 Å². The standard InChI is InChI=1S/C44H26N6O.Pd/c1-25-8-7-9-26(2)41(25)27-14-17-32-30-18-15-28(21-33(30)43-47-36-10-3-5-12-38(36)49(43)40(32)20-27)51-29-16-19-31-34(22-29)44-48-37-11-4-6-13-39(37)50(44)42-35(31)23-45-24-46-42;/h3-20,23-24H,1-2H3;/q-2;+2. The Morgan fingerprint density at radius 1 is 0.558 bits per heavy atom. The molecule has 0 bridgehead atoms. The summed E-state index contributed by atoms with van der Waals surface area (Å²) in [6, 6.07) is 44.8. The molecule has 0 radical (unpaired) electrons. The first kappa shape index (κ1) is 30.6. The molecule has 0 spiro atoms. The van der Waals surface area contributed by atoms with Gasteiger partial charge in [0, 0.05) is 28.6 Å². The minimum atomic E-state index is 0. The van der Waals surface area contributed by atoms with Gasteiger partial charge < -0.3 is 13.5 Å². The van der Waals surface area contributed by atoms with E-state index in [1.54, 1.807) is 6.33 Å². The molecule has 0 N–H and O–H groups in total. The van der Waals surface area contributed by atoms with Crippen molar-refractivity contribution in [3.8, 4) is 22.6 Å². The number of ether oxygens (including phenoxy) is 1. The summed E-state index contributed by atoms with van der Waals surface area (Å²) in [4.78, 5) is 19.1. The monoisotopic (exact) mass is 760 g/mol. The molecule has 248 valence electrons. The zero-order chi connectivity index (χ0) is 33.8. The molecule has 11 aromatic rings. The van der Waals surface area contributed by atoms with Gasteiger partial charge in [-0.15, -0.1) is 12.1 Å². The minimum absolute atomic E-state index is 0. The number of pyridine rings is 2. The number of para-hydroxylation sites is 4. The number of aromatic nitrogens is 6. The molecule has 0 aliphatic heterocycles. The van der Waals surface area contributed by atoms with Crippen LogP contribution >= 0.6 is 0 Å². The van der Waals surface area contributed by atoms with Gasteiger partial charge in [0.25, 0.3) is 0 Å². The van der Waals surface area contributed by atoms with Gasteiger partial charge in [0.05, 0.1) is 33.4 Å². The summed E-state index contributed by atoms with van der Waals surface area (Å²) in [6.45, 7) is 4.35. The van der Waals surface area contributed by atoms with Crippen LogP contribution in [0.1, 0.15) is 11.1 Å². The smallest absolute Gasteiger partial charge is 0.497 e. The van der Waals surface area contributed by atoms with Crippen molar-refractivity contribution in [2.75, 3.05) is 0 Å². The molecule has 8 heteroatoms. The van der Waals surface area contributed by atoms with Crippen LogP contribution in [0.4, 0.5) is 0 Å². The molecule has 5 aromatic heterocycles. The predicted octanol–water partition coefficient (Wildman–Crippen LogP) is 10.4. The van der Waals surface area contributed by atoms with E-state index in [1.165, 1.54) is 22.3 Å². The largest absolute Gasteiger partial charge is 2.00 e. The molecule has 0 unspecified atom stereocenters. The fraction of sp³-hybridized carbons (Fsp3) is 0.0455. The molecule has 7 nitrogen and oxygen atoms in total. The van der Waals surface area contributed by atoms with E-state index in [-0.39, 0.29) is 20.4 Å². The van der Waals surface area contributed by atoms with Crippen LogP contribution in [0.3, 0.4) is 0 Å². The van der Waals surface area contributed by atoms with Crippen molar-refractivity contribution in [3.05, 3.63) is 145 Å². The Morgan fingerprint density at radius 3 is 1.85 bits per heavy atom. The van der Waals surface area contributed by atoms with Gasteiger partial charge in [-0.1, -0.05) is 100 Å². The first-order valence-electron chi connectivity index (χ1n) is 16.9. The van der Waals surface area contributed by atoms with Gasteiger partial charge in [0.1, 0.15) is 12.0 Å². The number of hydrogen-bond donors (Lipinski definition) is 0. The summed E-state index contributed by atoms with van der Waals surface area (Å²) in [6.07, 6.45) is 3.42. The number of rotatable bonds is 3. The van der Waals surface area contributed by atoms with Crippen molar-refractivity contribution in [2.45, 2.75) is 13.8 Å². The van der Waals surface area contributed by atoms with Crippen LogP contribution in [0.15, 0.2) is 122 Å². The molecule has 5 heterocycles. The van der Waals surface area contributed by atoms with Crippen molar-refractivity contribution in [1.82, 2.24) is 28.7 Å². The summed E-state index contributed by atoms with van der Waals surface area (Å²) >= 11 is 0. The maximum atomic E-state index is 6.55. The zero-order valence-electron chi connectivity index (χ0n) is 28.0. The molecule has 11 rings (SSSR count). The number of benzene rings is 6. The SMILES string of the molecule is Cc1cccc(C)c1-c1ccc2c3ccc(Oc4[c-]c5c(cc4)c4cncnc4n4c6ccccc6nc54)[c-]c3c3nc4ccccc4n3c2c1.[Pd+2]. The van der Waals surface area contributed by atoms with Crippen molar-refractivity contribution in [1.29, 1.82) is 0 Å². The third kappa shape index (κ3) is 4.35. The molecule has 0 saturated heterocycles. The number of nitrogens with zero attached hydrogens (tertiary/aromatic N) is 6. The van der Waals surface area contributed by atoms with Gasteiger partial charge in [-0.3, -0.25) is 9.97 Å². The van der Waals surface area contributed by atoms with Gasteiger partial charge in [0.2, 0.25) is 0 Å². The maximum Gasteiger partial charge on any atom is 2.00 e. The quantitative estimate of drug-likeness (QED) is 0.102. The average Bonchev–Trinajstić information content (AvgIpc) is 3.75. The Labute approximate surface area is 310 Å². The van der Waals surface area contributed by atoms with Crippen LogP contribution in [0.5, 0.6) is 11.5 Å². The van der Waals surface area contributed by atoms with Crippen LogP contribution in [0, 0.1) is 26.0 Å². The molecular weight excluding hydrogens is 735 g/mol.